The molecule has 3 heterocycles. The van der Waals surface area contributed by atoms with Gasteiger partial charge in [0.1, 0.15) is 11.5 Å². The average Bonchev–Trinajstić information content (AvgIpc) is 3.32. The predicted octanol–water partition coefficient (Wildman–Crippen LogP) is 3.97. The van der Waals surface area contributed by atoms with E-state index in [0.717, 1.165) is 0 Å². The molecule has 3 aromatic carbocycles. The highest BCUT2D eigenvalue weighted by molar-refractivity contribution is 5.99. The Kier molecular flexibility index (Phi) is 8.17. The number of carbonyl (C=O) groups is 4. The number of esters is 2. The van der Waals surface area contributed by atoms with Gasteiger partial charge in [0.15, 0.2) is 5.60 Å². The van der Waals surface area contributed by atoms with Crippen LogP contribution >= 0.6 is 0 Å². The molecule has 3 amide bonds. The van der Waals surface area contributed by atoms with Crippen LogP contribution in [0.4, 0.5) is 16.2 Å². The molecule has 3 aliphatic rings. The molecule has 12 heteroatoms. The zero-order valence-electron chi connectivity index (χ0n) is 25.0. The first-order chi connectivity index (χ1) is 21.7. The Hall–Kier alpha value is -4.94. The van der Waals surface area contributed by atoms with E-state index >= 15 is 0 Å². The fourth-order valence-electron chi connectivity index (χ4n) is 5.63. The summed E-state index contributed by atoms with van der Waals surface area (Å²) in [6.07, 6.45) is -0.276. The van der Waals surface area contributed by atoms with Crippen molar-refractivity contribution in [3.63, 3.8) is 0 Å². The Balaban J connectivity index is 1.31. The minimum absolute atomic E-state index is 0.158. The number of morpholine rings is 1. The number of nitrogens with two attached hydrogens (primary N) is 1. The number of nitrogens with one attached hydrogen (secondary N) is 2. The van der Waals surface area contributed by atoms with Crippen molar-refractivity contribution in [2.75, 3.05) is 43.5 Å². The molecule has 45 heavy (non-hydrogen) atoms. The lowest BCUT2D eigenvalue weighted by Gasteiger charge is -2.37. The van der Waals surface area contributed by atoms with Crippen LogP contribution in [0, 0.1) is 5.92 Å². The van der Waals surface area contributed by atoms with Crippen LogP contribution in [0.3, 0.4) is 0 Å². The summed E-state index contributed by atoms with van der Waals surface area (Å²) in [4.78, 5) is 52.7. The van der Waals surface area contributed by atoms with Gasteiger partial charge in [-0.1, -0.05) is 32.0 Å². The molecule has 234 valence electrons. The Morgan fingerprint density at radius 3 is 2.24 bits per heavy atom. The van der Waals surface area contributed by atoms with Crippen molar-refractivity contribution >= 4 is 35.3 Å². The lowest BCUT2D eigenvalue weighted by atomic mass is 9.77. The highest BCUT2D eigenvalue weighted by Gasteiger charge is 2.53. The summed E-state index contributed by atoms with van der Waals surface area (Å²) in [5.41, 5.74) is 7.72. The summed E-state index contributed by atoms with van der Waals surface area (Å²) in [6.45, 7) is 5.96. The third kappa shape index (κ3) is 5.81. The van der Waals surface area contributed by atoms with E-state index in [9.17, 15) is 19.2 Å². The number of hydrogen-bond acceptors (Lipinski definition) is 9. The first-order valence-corrected chi connectivity index (χ1v) is 14.8. The van der Waals surface area contributed by atoms with Crippen LogP contribution in [0.25, 0.3) is 0 Å². The largest absolute Gasteiger partial charge is 0.465 e. The van der Waals surface area contributed by atoms with E-state index < -0.39 is 29.5 Å². The summed E-state index contributed by atoms with van der Waals surface area (Å²) in [5, 5.41) is 5.64. The number of urea groups is 1. The summed E-state index contributed by atoms with van der Waals surface area (Å²) in [7, 11) is 0. The lowest BCUT2D eigenvalue weighted by Crippen LogP contribution is -2.43. The SMILES string of the molecule is CC(C)COC(=O)CC(N)C(=O)Nc1ccc2c(c1)Oc1cc(NC(=O)N3CCOCC3)ccc1C21OC(=O)c2ccccc21. The van der Waals surface area contributed by atoms with Crippen molar-refractivity contribution < 1.29 is 38.1 Å². The number of fused-ring (bicyclic) bond motifs is 6. The molecular formula is C33H34N4O8. The van der Waals surface area contributed by atoms with Gasteiger partial charge in [0.25, 0.3) is 0 Å². The molecule has 2 atom stereocenters. The molecular weight excluding hydrogens is 580 g/mol. The van der Waals surface area contributed by atoms with Crippen LogP contribution in [0.1, 0.15) is 47.3 Å². The molecule has 3 aliphatic heterocycles. The number of hydrogen-bond donors (Lipinski definition) is 3. The molecule has 1 spiro atoms. The normalized spacial score (nSPS) is 18.7. The van der Waals surface area contributed by atoms with Crippen molar-refractivity contribution in [3.05, 3.63) is 82.9 Å². The van der Waals surface area contributed by atoms with E-state index in [-0.39, 0.29) is 25.0 Å². The summed E-state index contributed by atoms with van der Waals surface area (Å²) < 4.78 is 23.0. The highest BCUT2D eigenvalue weighted by Crippen LogP contribution is 2.56. The molecule has 0 bridgehead atoms. The van der Waals surface area contributed by atoms with Gasteiger partial charge in [-0.15, -0.1) is 0 Å². The number of rotatable bonds is 7. The molecule has 0 radical (unpaired) electrons. The van der Waals surface area contributed by atoms with Crippen LogP contribution in [0.15, 0.2) is 60.7 Å². The molecule has 2 unspecified atom stereocenters. The van der Waals surface area contributed by atoms with Gasteiger partial charge in [-0.25, -0.2) is 9.59 Å². The van der Waals surface area contributed by atoms with Crippen molar-refractivity contribution in [2.24, 2.45) is 11.7 Å². The topological polar surface area (TPSA) is 159 Å². The molecule has 4 N–H and O–H groups in total. The van der Waals surface area contributed by atoms with Crippen LogP contribution in [0.5, 0.6) is 11.5 Å². The average molecular weight is 615 g/mol. The zero-order chi connectivity index (χ0) is 31.7. The molecule has 1 fully saturated rings. The number of nitrogens with zero attached hydrogens (tertiary/aromatic N) is 1. The Bertz CT molecular complexity index is 1670. The van der Waals surface area contributed by atoms with Crippen LogP contribution in [-0.4, -0.2) is 67.7 Å². The van der Waals surface area contributed by atoms with E-state index in [1.165, 1.54) is 0 Å². The summed E-state index contributed by atoms with van der Waals surface area (Å²) in [5.74, 6) is -0.774. The summed E-state index contributed by atoms with van der Waals surface area (Å²) >= 11 is 0. The van der Waals surface area contributed by atoms with Gasteiger partial charge in [0.2, 0.25) is 5.91 Å². The first-order valence-electron chi connectivity index (χ1n) is 14.8. The van der Waals surface area contributed by atoms with Gasteiger partial charge < -0.3 is 40.2 Å². The molecule has 0 aromatic heterocycles. The van der Waals surface area contributed by atoms with E-state index in [1.807, 2.05) is 26.0 Å². The molecule has 3 aromatic rings. The second kappa shape index (κ2) is 12.2. The van der Waals surface area contributed by atoms with E-state index in [2.05, 4.69) is 10.6 Å². The third-order valence-corrected chi connectivity index (χ3v) is 7.83. The smallest absolute Gasteiger partial charge is 0.340 e. The first kappa shape index (κ1) is 30.1. The van der Waals surface area contributed by atoms with E-state index in [0.29, 0.717) is 71.4 Å². The quantitative estimate of drug-likeness (QED) is 0.335. The number of carbonyl (C=O) groups excluding carboxylic acids is 4. The van der Waals surface area contributed by atoms with Gasteiger partial charge in [0, 0.05) is 53.3 Å². The van der Waals surface area contributed by atoms with Crippen molar-refractivity contribution in [3.8, 4) is 11.5 Å². The second-order valence-electron chi connectivity index (χ2n) is 11.5. The zero-order valence-corrected chi connectivity index (χ0v) is 25.0. The van der Waals surface area contributed by atoms with Gasteiger partial charge in [-0.2, -0.15) is 0 Å². The van der Waals surface area contributed by atoms with Crippen LogP contribution in [-0.2, 0) is 29.4 Å². The molecule has 1 saturated heterocycles. The minimum Gasteiger partial charge on any atom is -0.465 e. The molecule has 12 nitrogen and oxygen atoms in total. The van der Waals surface area contributed by atoms with Crippen LogP contribution in [0.2, 0.25) is 0 Å². The fraction of sp³-hybridized carbons (Fsp3) is 0.333. The Labute approximate surface area is 259 Å². The van der Waals surface area contributed by atoms with Gasteiger partial charge in [-0.3, -0.25) is 9.59 Å². The monoisotopic (exact) mass is 614 g/mol. The van der Waals surface area contributed by atoms with Gasteiger partial charge in [-0.05, 0) is 36.2 Å². The van der Waals surface area contributed by atoms with Crippen molar-refractivity contribution in [1.82, 2.24) is 4.90 Å². The number of benzene rings is 3. The molecule has 6 rings (SSSR count). The maximum atomic E-state index is 13.2. The third-order valence-electron chi connectivity index (χ3n) is 7.83. The van der Waals surface area contributed by atoms with Crippen molar-refractivity contribution in [1.29, 1.82) is 0 Å². The lowest BCUT2D eigenvalue weighted by molar-refractivity contribution is -0.146. The standard InChI is InChI=1S/C33H34N4O8/c1-19(2)18-43-29(38)17-26(34)30(39)35-20-7-9-24-27(15-20)44-28-16-21(36-32(41)37-11-13-42-14-12-37)8-10-25(28)33(24)23-6-4-3-5-22(23)31(40)45-33/h3-10,15-16,19,26H,11-14,17-18,34H2,1-2H3,(H,35,39)(H,36,41). The Morgan fingerprint density at radius 1 is 0.933 bits per heavy atom. The van der Waals surface area contributed by atoms with Crippen molar-refractivity contribution in [2.45, 2.75) is 31.9 Å². The van der Waals surface area contributed by atoms with Gasteiger partial charge in [0.05, 0.1) is 37.8 Å². The fourth-order valence-corrected chi connectivity index (χ4v) is 5.63. The minimum atomic E-state index is -1.33. The number of ether oxygens (including phenoxy) is 4. The predicted molar refractivity (Wildman–Crippen MR) is 163 cm³/mol. The highest BCUT2D eigenvalue weighted by atomic mass is 16.6. The van der Waals surface area contributed by atoms with E-state index in [4.69, 9.17) is 24.7 Å². The molecule has 0 aliphatic carbocycles. The molecule has 0 saturated carbocycles. The number of amides is 3. The Morgan fingerprint density at radius 2 is 1.58 bits per heavy atom. The van der Waals surface area contributed by atoms with E-state index in [1.54, 1.807) is 53.4 Å². The second-order valence-corrected chi connectivity index (χ2v) is 11.5. The number of anilines is 2. The van der Waals surface area contributed by atoms with Gasteiger partial charge >= 0.3 is 18.0 Å². The maximum absolute atomic E-state index is 13.2. The maximum Gasteiger partial charge on any atom is 0.340 e. The summed E-state index contributed by atoms with van der Waals surface area (Å²) in [6, 6.07) is 15.9. The van der Waals surface area contributed by atoms with Crippen LogP contribution < -0.4 is 21.1 Å².